The van der Waals surface area contributed by atoms with Gasteiger partial charge in [-0.2, -0.15) is 0 Å². The van der Waals surface area contributed by atoms with Crippen molar-refractivity contribution in [2.45, 2.75) is 20.4 Å². The molecule has 1 aromatic heterocycles. The molecule has 2 N–H and O–H groups in total. The van der Waals surface area contributed by atoms with Gasteiger partial charge in [-0.25, -0.2) is 4.98 Å². The summed E-state index contributed by atoms with van der Waals surface area (Å²) < 4.78 is 0. The molecule has 17 heavy (non-hydrogen) atoms. The average Bonchev–Trinajstić information content (AvgIpc) is 2.62. The number of amides is 1. The number of aromatic nitrogens is 1. The molecule has 1 unspecified atom stereocenters. The highest BCUT2D eigenvalue weighted by molar-refractivity contribution is 7.09. The third-order valence-electron chi connectivity index (χ3n) is 2.38. The molecular weight excluding hydrogens is 281 g/mol. The Hall–Kier alpha value is -0.360. The number of halogens is 2. The summed E-state index contributed by atoms with van der Waals surface area (Å²) >= 11 is 1.58. The van der Waals surface area contributed by atoms with E-state index in [0.717, 1.165) is 10.6 Å². The average molecular weight is 300 g/mol. The van der Waals surface area contributed by atoms with E-state index in [-0.39, 0.29) is 36.6 Å². The molecule has 0 aromatic carbocycles. The highest BCUT2D eigenvalue weighted by atomic mass is 35.5. The van der Waals surface area contributed by atoms with Crippen LogP contribution < -0.4 is 5.73 Å². The second kappa shape index (κ2) is 8.69. The zero-order valence-corrected chi connectivity index (χ0v) is 12.6. The van der Waals surface area contributed by atoms with Gasteiger partial charge in [0.15, 0.2) is 0 Å². The van der Waals surface area contributed by atoms with Crippen LogP contribution in [-0.2, 0) is 11.3 Å². The van der Waals surface area contributed by atoms with Crippen molar-refractivity contribution in [3.63, 3.8) is 0 Å². The molecule has 0 aliphatic rings. The van der Waals surface area contributed by atoms with Gasteiger partial charge in [0.25, 0.3) is 0 Å². The summed E-state index contributed by atoms with van der Waals surface area (Å²) in [5.41, 5.74) is 8.26. The van der Waals surface area contributed by atoms with Crippen LogP contribution in [-0.4, -0.2) is 29.4 Å². The fraction of sp³-hybridized carbons (Fsp3) is 0.600. The zero-order valence-electron chi connectivity index (χ0n) is 10.2. The number of nitrogens with two attached hydrogens (primary N) is 1. The first-order chi connectivity index (χ1) is 7.06. The molecule has 0 aliphatic heterocycles. The van der Waals surface area contributed by atoms with E-state index in [0.29, 0.717) is 13.1 Å². The van der Waals surface area contributed by atoms with Gasteiger partial charge in [-0.1, -0.05) is 6.92 Å². The van der Waals surface area contributed by atoms with E-state index in [9.17, 15) is 4.79 Å². The summed E-state index contributed by atoms with van der Waals surface area (Å²) in [7, 11) is 1.80. The summed E-state index contributed by atoms with van der Waals surface area (Å²) in [5, 5.41) is 0. The molecule has 4 nitrogen and oxygen atoms in total. The minimum Gasteiger partial charge on any atom is -0.340 e. The number of carbonyl (C=O) groups excluding carboxylic acids is 1. The lowest BCUT2D eigenvalue weighted by atomic mass is 10.1. The van der Waals surface area contributed by atoms with Crippen molar-refractivity contribution in [2.75, 3.05) is 13.6 Å². The Labute approximate surface area is 118 Å². The van der Waals surface area contributed by atoms with E-state index < -0.39 is 0 Å². The third-order valence-corrected chi connectivity index (χ3v) is 3.30. The molecule has 100 valence electrons. The molecule has 0 spiro atoms. The summed E-state index contributed by atoms with van der Waals surface area (Å²) in [6.45, 7) is 4.82. The Bertz CT molecular complexity index is 346. The maximum atomic E-state index is 11.7. The van der Waals surface area contributed by atoms with Crippen molar-refractivity contribution >= 4 is 42.1 Å². The molecule has 1 atom stereocenters. The van der Waals surface area contributed by atoms with Crippen LogP contribution in [0.25, 0.3) is 0 Å². The summed E-state index contributed by atoms with van der Waals surface area (Å²) in [6.07, 6.45) is 0. The van der Waals surface area contributed by atoms with E-state index in [1.165, 1.54) is 0 Å². The first-order valence-corrected chi connectivity index (χ1v) is 5.78. The number of hydrogen-bond donors (Lipinski definition) is 1. The molecule has 0 radical (unpaired) electrons. The number of hydrogen-bond acceptors (Lipinski definition) is 4. The Morgan fingerprint density at radius 3 is 2.59 bits per heavy atom. The fourth-order valence-electron chi connectivity index (χ4n) is 1.25. The molecule has 0 fully saturated rings. The van der Waals surface area contributed by atoms with Crippen LogP contribution in [0.2, 0.25) is 0 Å². The van der Waals surface area contributed by atoms with Gasteiger partial charge in [-0.3, -0.25) is 4.79 Å². The molecule has 0 saturated carbocycles. The smallest absolute Gasteiger partial charge is 0.226 e. The first kappa shape index (κ1) is 19.0. The predicted molar refractivity (Wildman–Crippen MR) is 76.0 cm³/mol. The summed E-state index contributed by atoms with van der Waals surface area (Å²) in [6, 6.07) is 0. The van der Waals surface area contributed by atoms with Gasteiger partial charge < -0.3 is 10.6 Å². The molecule has 1 aromatic rings. The lowest BCUT2D eigenvalue weighted by molar-refractivity contribution is -0.133. The Kier molecular flexibility index (Phi) is 9.71. The van der Waals surface area contributed by atoms with Crippen LogP contribution in [0.3, 0.4) is 0 Å². The number of thiazole rings is 1. The Balaban J connectivity index is 0. The topological polar surface area (TPSA) is 59.2 Å². The van der Waals surface area contributed by atoms with Crippen LogP contribution in [0.1, 0.15) is 17.5 Å². The molecule has 0 bridgehead atoms. The van der Waals surface area contributed by atoms with E-state index in [2.05, 4.69) is 4.98 Å². The van der Waals surface area contributed by atoms with Crippen molar-refractivity contribution in [3.05, 3.63) is 16.1 Å². The SMILES string of the molecule is Cc1ncsc1CN(C)C(=O)C(C)CN.Cl.Cl. The second-order valence-electron chi connectivity index (χ2n) is 3.69. The minimum atomic E-state index is -0.108. The number of nitrogens with zero attached hydrogens (tertiary/aromatic N) is 2. The van der Waals surface area contributed by atoms with Crippen molar-refractivity contribution in [3.8, 4) is 0 Å². The predicted octanol–water partition coefficient (Wildman–Crippen LogP) is 1.85. The van der Waals surface area contributed by atoms with Gasteiger partial charge in [0.2, 0.25) is 5.91 Å². The highest BCUT2D eigenvalue weighted by Gasteiger charge is 2.17. The van der Waals surface area contributed by atoms with Crippen LogP contribution >= 0.6 is 36.2 Å². The summed E-state index contributed by atoms with van der Waals surface area (Å²) in [4.78, 5) is 18.7. The normalized spacial score (nSPS) is 11.1. The van der Waals surface area contributed by atoms with Gasteiger partial charge >= 0.3 is 0 Å². The van der Waals surface area contributed by atoms with Gasteiger partial charge in [0, 0.05) is 24.4 Å². The van der Waals surface area contributed by atoms with Crippen LogP contribution in [0.5, 0.6) is 0 Å². The van der Waals surface area contributed by atoms with Gasteiger partial charge in [-0.15, -0.1) is 36.2 Å². The Morgan fingerprint density at radius 1 is 1.59 bits per heavy atom. The van der Waals surface area contributed by atoms with Crippen molar-refractivity contribution in [2.24, 2.45) is 11.7 Å². The monoisotopic (exact) mass is 299 g/mol. The molecule has 0 aliphatic carbocycles. The largest absolute Gasteiger partial charge is 0.340 e. The fourth-order valence-corrected chi connectivity index (χ4v) is 2.08. The van der Waals surface area contributed by atoms with Gasteiger partial charge in [0.05, 0.1) is 17.7 Å². The van der Waals surface area contributed by atoms with Crippen LogP contribution in [0.4, 0.5) is 0 Å². The third kappa shape index (κ3) is 5.21. The molecule has 1 rings (SSSR count). The molecule has 1 amide bonds. The van der Waals surface area contributed by atoms with E-state index >= 15 is 0 Å². The number of carbonyl (C=O) groups is 1. The maximum absolute atomic E-state index is 11.7. The highest BCUT2D eigenvalue weighted by Crippen LogP contribution is 2.15. The van der Waals surface area contributed by atoms with Crippen molar-refractivity contribution < 1.29 is 4.79 Å². The number of aryl methyl sites for hydroxylation is 1. The van der Waals surface area contributed by atoms with E-state index in [1.807, 2.05) is 13.8 Å². The molecule has 0 saturated heterocycles. The zero-order chi connectivity index (χ0) is 11.4. The molecule has 1 heterocycles. The van der Waals surface area contributed by atoms with Gasteiger partial charge in [0.1, 0.15) is 0 Å². The Morgan fingerprint density at radius 2 is 2.18 bits per heavy atom. The van der Waals surface area contributed by atoms with E-state index in [4.69, 9.17) is 5.73 Å². The first-order valence-electron chi connectivity index (χ1n) is 4.90. The minimum absolute atomic E-state index is 0. The number of rotatable bonds is 4. The molecule has 7 heteroatoms. The lowest BCUT2D eigenvalue weighted by Crippen LogP contribution is -2.34. The molecular formula is C10H19Cl2N3OS. The summed E-state index contributed by atoms with van der Waals surface area (Å²) in [5.74, 6) is -0.0199. The van der Waals surface area contributed by atoms with Crippen molar-refractivity contribution in [1.29, 1.82) is 0 Å². The lowest BCUT2D eigenvalue weighted by Gasteiger charge is -2.19. The van der Waals surface area contributed by atoms with Crippen molar-refractivity contribution in [1.82, 2.24) is 9.88 Å². The van der Waals surface area contributed by atoms with Crippen LogP contribution in [0.15, 0.2) is 5.51 Å². The maximum Gasteiger partial charge on any atom is 0.226 e. The van der Waals surface area contributed by atoms with Gasteiger partial charge in [-0.05, 0) is 6.92 Å². The van der Waals surface area contributed by atoms with Crippen LogP contribution in [0, 0.1) is 12.8 Å². The van der Waals surface area contributed by atoms with E-state index in [1.54, 1.807) is 28.8 Å². The standard InChI is InChI=1S/C10H17N3OS.2ClH/c1-7(4-11)10(14)13(3)5-9-8(2)12-6-15-9;;/h6-7H,4-5,11H2,1-3H3;2*1H. The second-order valence-corrected chi connectivity index (χ2v) is 4.63. The quantitative estimate of drug-likeness (QED) is 0.923.